The Morgan fingerprint density at radius 1 is 0.273 bits per heavy atom. The van der Waals surface area contributed by atoms with Gasteiger partial charge in [-0.1, -0.05) is 0 Å². The topological polar surface area (TPSA) is 233 Å². The Morgan fingerprint density at radius 2 is 0.341 bits per heavy atom. The standard InChI is InChI=1S/C16H24N8O8.8ClH.4Sn/c25-9-10(26)19-3-4-21-13(29)14(30)23-7-8-24-16(32)15(31)22-6-5-20-12(28)11(27)18-2-1-17-9;;;;;;;;;;;;/h1-8H2,(H,17,25)(H,18,27)(H,19,26)(H,20,28)(H,21,29)(H,22,31)(H,23,30)(H,24,32);8*1H;;;;/q;;;;;;;;;4*+2/p-8. The zero-order valence-corrected chi connectivity index (χ0v) is 39.4. The number of carbonyl (C=O) groups excluding carboxylic acids is 8. The van der Waals surface area contributed by atoms with Crippen LogP contribution in [0.3, 0.4) is 0 Å². The molecule has 0 atom stereocenters. The molecule has 0 spiro atoms. The van der Waals surface area contributed by atoms with Crippen LogP contribution in [0.1, 0.15) is 0 Å². The summed E-state index contributed by atoms with van der Waals surface area (Å²) in [5.74, 6) is -8.00. The van der Waals surface area contributed by atoms with E-state index >= 15 is 0 Å². The van der Waals surface area contributed by atoms with Crippen molar-refractivity contribution in [2.45, 2.75) is 0 Å². The number of nitrogens with one attached hydrogen (secondary N) is 8. The average molecular weight is 1210 g/mol. The Kier molecular flexibility index (Phi) is 47.9. The molecule has 1 heterocycles. The van der Waals surface area contributed by atoms with Crippen LogP contribution in [0.25, 0.3) is 0 Å². The molecule has 0 aliphatic carbocycles. The molecule has 0 bridgehead atoms. The zero-order valence-electron chi connectivity index (χ0n) is 21.9. The second-order valence-corrected chi connectivity index (χ2v) is 23.3. The summed E-state index contributed by atoms with van der Waals surface area (Å²) in [6, 6.07) is 0. The van der Waals surface area contributed by atoms with Gasteiger partial charge in [0.05, 0.1) is 0 Å². The monoisotopic (exact) mass is 1220 g/mol. The van der Waals surface area contributed by atoms with Gasteiger partial charge < -0.3 is 42.5 Å². The van der Waals surface area contributed by atoms with Crippen molar-refractivity contribution >= 4 is 194 Å². The Hall–Kier alpha value is 1.27. The Morgan fingerprint density at radius 3 is 0.409 bits per heavy atom. The fourth-order valence-electron chi connectivity index (χ4n) is 2.05. The third-order valence-electron chi connectivity index (χ3n) is 3.61. The quantitative estimate of drug-likeness (QED) is 0.0915. The van der Waals surface area contributed by atoms with E-state index in [1.807, 2.05) is 0 Å². The van der Waals surface area contributed by atoms with Gasteiger partial charge >= 0.3 is 194 Å². The second-order valence-electron chi connectivity index (χ2n) is 6.33. The van der Waals surface area contributed by atoms with Crippen LogP contribution < -0.4 is 42.5 Å². The predicted molar refractivity (Wildman–Crippen MR) is 174 cm³/mol. The van der Waals surface area contributed by atoms with Crippen molar-refractivity contribution in [1.82, 2.24) is 42.5 Å². The molecule has 0 unspecified atom stereocenters. The van der Waals surface area contributed by atoms with Crippen LogP contribution in [-0.4, -0.2) is 175 Å². The van der Waals surface area contributed by atoms with Gasteiger partial charge in [0, 0.05) is 52.4 Å². The fraction of sp³-hybridized carbons (Fsp3) is 0.500. The molecule has 16 nitrogen and oxygen atoms in total. The zero-order chi connectivity index (χ0) is 34.8. The molecular weight excluding hydrogens is 1190 g/mol. The Labute approximate surface area is 322 Å². The van der Waals surface area contributed by atoms with Gasteiger partial charge in [0.2, 0.25) is 0 Å². The maximum atomic E-state index is 11.6. The van der Waals surface area contributed by atoms with Gasteiger partial charge in [-0.05, 0) is 0 Å². The summed E-state index contributed by atoms with van der Waals surface area (Å²) in [7, 11) is 39.5. The van der Waals surface area contributed by atoms with Gasteiger partial charge in [0.1, 0.15) is 0 Å². The van der Waals surface area contributed by atoms with Crippen molar-refractivity contribution in [2.24, 2.45) is 0 Å². The van der Waals surface area contributed by atoms with E-state index < -0.39 is 123 Å². The maximum absolute atomic E-state index is 11.6. The third-order valence-corrected chi connectivity index (χ3v) is 3.61. The molecule has 0 aromatic carbocycles. The number of hydrogen-bond donors (Lipinski definition) is 8. The van der Waals surface area contributed by atoms with Crippen LogP contribution in [-0.2, 0) is 38.4 Å². The van der Waals surface area contributed by atoms with Crippen molar-refractivity contribution in [2.75, 3.05) is 52.4 Å². The van der Waals surface area contributed by atoms with E-state index in [4.69, 9.17) is 71.4 Å². The SMILES string of the molecule is O=C1NCCNC(=O)C(=O)NCCNC(=O)C(=O)NCCNC(=O)C(=O)NCCNC1=O.[Cl][Sn][Cl].[Cl][Sn][Cl].[Cl][Sn][Cl].[Cl][Sn][Cl]. The van der Waals surface area contributed by atoms with E-state index in [-0.39, 0.29) is 52.4 Å². The molecule has 44 heavy (non-hydrogen) atoms. The molecule has 0 saturated carbocycles. The first-order chi connectivity index (χ1) is 20.9. The third kappa shape index (κ3) is 37.7. The van der Waals surface area contributed by atoms with Crippen LogP contribution in [0.15, 0.2) is 0 Å². The molecular formula is C16H24Cl8N8O8Sn4. The van der Waals surface area contributed by atoms with Crippen molar-refractivity contribution in [3.63, 3.8) is 0 Å². The number of halogens is 8. The minimum atomic E-state index is -1.000. The number of amides is 8. The van der Waals surface area contributed by atoms with Gasteiger partial charge in [0.25, 0.3) is 0 Å². The molecule has 1 rings (SSSR count). The van der Waals surface area contributed by atoms with Crippen LogP contribution in [0.2, 0.25) is 0 Å². The van der Waals surface area contributed by atoms with Gasteiger partial charge in [-0.15, -0.1) is 0 Å². The number of hydrogen-bond acceptors (Lipinski definition) is 8. The van der Waals surface area contributed by atoms with Crippen molar-refractivity contribution < 1.29 is 38.4 Å². The van der Waals surface area contributed by atoms with Crippen molar-refractivity contribution in [3.8, 4) is 0 Å². The van der Waals surface area contributed by atoms with E-state index in [0.717, 1.165) is 0 Å². The average Bonchev–Trinajstić information content (AvgIpc) is 2.98. The molecule has 28 heteroatoms. The van der Waals surface area contributed by atoms with Crippen molar-refractivity contribution in [3.05, 3.63) is 0 Å². The first-order valence-corrected chi connectivity index (χ1v) is 39.9. The van der Waals surface area contributed by atoms with E-state index in [1.54, 1.807) is 0 Å². The molecule has 0 aromatic heterocycles. The molecule has 8 radical (unpaired) electrons. The van der Waals surface area contributed by atoms with E-state index in [2.05, 4.69) is 42.5 Å². The molecule has 8 amide bonds. The normalized spacial score (nSPS) is 15.8. The van der Waals surface area contributed by atoms with E-state index in [9.17, 15) is 38.4 Å². The van der Waals surface area contributed by atoms with Gasteiger partial charge in [-0.25, -0.2) is 0 Å². The fourth-order valence-corrected chi connectivity index (χ4v) is 2.05. The molecule has 248 valence electrons. The van der Waals surface area contributed by atoms with Crippen LogP contribution in [0, 0.1) is 0 Å². The van der Waals surface area contributed by atoms with Gasteiger partial charge in [0.15, 0.2) is 0 Å². The van der Waals surface area contributed by atoms with Crippen molar-refractivity contribution in [1.29, 1.82) is 0 Å². The number of carbonyl (C=O) groups is 8. The summed E-state index contributed by atoms with van der Waals surface area (Å²) in [4.78, 5) is 92.8. The Bertz CT molecular complexity index is 692. The van der Waals surface area contributed by atoms with Crippen LogP contribution >= 0.6 is 71.4 Å². The summed E-state index contributed by atoms with van der Waals surface area (Å²) in [5, 5.41) is 17.7. The first-order valence-electron chi connectivity index (χ1n) is 11.0. The predicted octanol–water partition coefficient (Wildman–Crippen LogP) is -3.08. The molecule has 1 saturated heterocycles. The molecule has 1 aliphatic heterocycles. The summed E-state index contributed by atoms with van der Waals surface area (Å²) in [6.45, 7) is -1.16. The molecule has 1 aliphatic rings. The summed E-state index contributed by atoms with van der Waals surface area (Å²) in [5.41, 5.74) is 0. The summed E-state index contributed by atoms with van der Waals surface area (Å²) < 4.78 is 0. The molecule has 1 fully saturated rings. The second kappa shape index (κ2) is 40.4. The van der Waals surface area contributed by atoms with Crippen LogP contribution in [0.5, 0.6) is 0 Å². The summed E-state index contributed by atoms with van der Waals surface area (Å²) >= 11 is -3.30. The minimum absolute atomic E-state index is 0.145. The van der Waals surface area contributed by atoms with Gasteiger partial charge in [-0.3, -0.25) is 38.4 Å². The Balaban J connectivity index is -0.000000572. The number of rotatable bonds is 0. The first kappa shape index (κ1) is 52.1. The molecule has 0 aromatic rings. The van der Waals surface area contributed by atoms with E-state index in [1.165, 1.54) is 0 Å². The van der Waals surface area contributed by atoms with E-state index in [0.29, 0.717) is 0 Å². The molecule has 8 N–H and O–H groups in total. The van der Waals surface area contributed by atoms with Gasteiger partial charge in [-0.2, -0.15) is 0 Å². The summed E-state index contributed by atoms with van der Waals surface area (Å²) in [6.07, 6.45) is 0. The van der Waals surface area contributed by atoms with Crippen LogP contribution in [0.4, 0.5) is 0 Å².